The highest BCUT2D eigenvalue weighted by Gasteiger charge is 2.13. The quantitative estimate of drug-likeness (QED) is 0.552. The minimum Gasteiger partial charge on any atom is -0.404 e. The first-order valence-corrected chi connectivity index (χ1v) is 3.37. The molecular weight excluding hydrogens is 124 g/mol. The lowest BCUT2D eigenvalue weighted by atomic mass is 9.88. The van der Waals surface area contributed by atoms with Crippen LogP contribution in [0.2, 0.25) is 0 Å². The topological polar surface area (TPSA) is 38.4 Å². The molecule has 0 bridgehead atoms. The van der Waals surface area contributed by atoms with Crippen LogP contribution in [-0.2, 0) is 0 Å². The SMILES string of the molecule is CN=C/C(=C\N)C(C)(C)C. The Hall–Kier alpha value is -0.790. The number of allylic oxidation sites excluding steroid dienone is 1. The van der Waals surface area contributed by atoms with Crippen LogP contribution in [0.3, 0.4) is 0 Å². The zero-order chi connectivity index (χ0) is 8.20. The molecule has 0 saturated heterocycles. The van der Waals surface area contributed by atoms with Crippen LogP contribution in [0, 0.1) is 5.41 Å². The summed E-state index contributed by atoms with van der Waals surface area (Å²) in [6.07, 6.45) is 3.40. The van der Waals surface area contributed by atoms with Gasteiger partial charge in [-0.1, -0.05) is 20.8 Å². The monoisotopic (exact) mass is 140 g/mol. The molecule has 0 aromatic carbocycles. The van der Waals surface area contributed by atoms with Crippen LogP contribution in [0.1, 0.15) is 20.8 Å². The molecule has 0 rings (SSSR count). The third-order valence-electron chi connectivity index (χ3n) is 1.31. The molecule has 58 valence electrons. The van der Waals surface area contributed by atoms with Crippen LogP contribution >= 0.6 is 0 Å². The van der Waals surface area contributed by atoms with Crippen molar-refractivity contribution in [3.8, 4) is 0 Å². The second-order valence-electron chi connectivity index (χ2n) is 3.26. The van der Waals surface area contributed by atoms with E-state index in [1.54, 1.807) is 19.5 Å². The summed E-state index contributed by atoms with van der Waals surface area (Å²) in [7, 11) is 1.75. The summed E-state index contributed by atoms with van der Waals surface area (Å²) in [6, 6.07) is 0. The lowest BCUT2D eigenvalue weighted by molar-refractivity contribution is 0.525. The summed E-state index contributed by atoms with van der Waals surface area (Å²) in [4.78, 5) is 3.90. The molecule has 0 aromatic heterocycles. The van der Waals surface area contributed by atoms with Crippen LogP contribution in [0.5, 0.6) is 0 Å². The van der Waals surface area contributed by atoms with Gasteiger partial charge >= 0.3 is 0 Å². The molecule has 0 saturated carbocycles. The van der Waals surface area contributed by atoms with Gasteiger partial charge < -0.3 is 5.73 Å². The molecule has 0 fully saturated rings. The predicted molar refractivity (Wildman–Crippen MR) is 46.1 cm³/mol. The van der Waals surface area contributed by atoms with Gasteiger partial charge in [-0.25, -0.2) is 0 Å². The lowest BCUT2D eigenvalue weighted by Crippen LogP contribution is -2.12. The van der Waals surface area contributed by atoms with Crippen molar-refractivity contribution in [2.45, 2.75) is 20.8 Å². The highest BCUT2D eigenvalue weighted by atomic mass is 14.6. The number of nitrogens with two attached hydrogens (primary N) is 1. The van der Waals surface area contributed by atoms with Crippen molar-refractivity contribution in [2.24, 2.45) is 16.1 Å². The van der Waals surface area contributed by atoms with Gasteiger partial charge in [0.05, 0.1) is 0 Å². The molecule has 0 aromatic rings. The Bertz CT molecular complexity index is 149. The minimum atomic E-state index is 0.105. The molecule has 0 atom stereocenters. The second-order valence-corrected chi connectivity index (χ2v) is 3.26. The number of hydrogen-bond acceptors (Lipinski definition) is 2. The zero-order valence-electron chi connectivity index (χ0n) is 7.18. The summed E-state index contributed by atoms with van der Waals surface area (Å²) < 4.78 is 0. The number of aliphatic imine (C=N–C) groups is 1. The minimum absolute atomic E-state index is 0.105. The average molecular weight is 140 g/mol. The van der Waals surface area contributed by atoms with Gasteiger partial charge in [0.2, 0.25) is 0 Å². The first kappa shape index (κ1) is 9.21. The molecule has 2 nitrogen and oxygen atoms in total. The number of rotatable bonds is 1. The third kappa shape index (κ3) is 2.67. The Labute approximate surface area is 62.8 Å². The first-order chi connectivity index (χ1) is 4.52. The average Bonchev–Trinajstić information content (AvgIpc) is 1.80. The first-order valence-electron chi connectivity index (χ1n) is 3.37. The van der Waals surface area contributed by atoms with E-state index in [9.17, 15) is 0 Å². The molecule has 0 aliphatic heterocycles. The second kappa shape index (κ2) is 3.40. The Kier molecular flexibility index (Phi) is 3.13. The van der Waals surface area contributed by atoms with E-state index in [0.29, 0.717) is 0 Å². The molecule has 0 aliphatic rings. The molecule has 0 aliphatic carbocycles. The van der Waals surface area contributed by atoms with Gasteiger partial charge in [0.1, 0.15) is 0 Å². The van der Waals surface area contributed by atoms with E-state index in [0.717, 1.165) is 5.57 Å². The van der Waals surface area contributed by atoms with Gasteiger partial charge in [0.25, 0.3) is 0 Å². The van der Waals surface area contributed by atoms with Crippen molar-refractivity contribution in [2.75, 3.05) is 7.05 Å². The summed E-state index contributed by atoms with van der Waals surface area (Å²) in [5.41, 5.74) is 6.56. The van der Waals surface area contributed by atoms with E-state index in [4.69, 9.17) is 5.73 Å². The molecular formula is C8H16N2. The smallest absolute Gasteiger partial charge is 0.0277 e. The third-order valence-corrected chi connectivity index (χ3v) is 1.31. The van der Waals surface area contributed by atoms with Gasteiger partial charge in [-0.3, -0.25) is 4.99 Å². The van der Waals surface area contributed by atoms with Crippen molar-refractivity contribution in [3.63, 3.8) is 0 Å². The highest BCUT2D eigenvalue weighted by Crippen LogP contribution is 2.22. The largest absolute Gasteiger partial charge is 0.404 e. The normalized spacial score (nSPS) is 14.6. The summed E-state index contributed by atoms with van der Waals surface area (Å²) in [6.45, 7) is 6.31. The van der Waals surface area contributed by atoms with Crippen LogP contribution in [-0.4, -0.2) is 13.3 Å². The van der Waals surface area contributed by atoms with Crippen LogP contribution in [0.4, 0.5) is 0 Å². The molecule has 2 N–H and O–H groups in total. The van der Waals surface area contributed by atoms with Crippen LogP contribution in [0.15, 0.2) is 16.8 Å². The molecule has 0 heterocycles. The van der Waals surface area contributed by atoms with Gasteiger partial charge in [0.15, 0.2) is 0 Å². The van der Waals surface area contributed by atoms with Gasteiger partial charge in [-0.15, -0.1) is 0 Å². The van der Waals surface area contributed by atoms with Gasteiger partial charge in [-0.2, -0.15) is 0 Å². The summed E-state index contributed by atoms with van der Waals surface area (Å²) in [5.74, 6) is 0. The summed E-state index contributed by atoms with van der Waals surface area (Å²) in [5, 5.41) is 0. The predicted octanol–water partition coefficient (Wildman–Crippen LogP) is 1.58. The van der Waals surface area contributed by atoms with E-state index < -0.39 is 0 Å². The Morgan fingerprint density at radius 1 is 1.40 bits per heavy atom. The Balaban J connectivity index is 4.39. The van der Waals surface area contributed by atoms with E-state index in [1.807, 2.05) is 0 Å². The van der Waals surface area contributed by atoms with Crippen LogP contribution in [0.25, 0.3) is 0 Å². The maximum Gasteiger partial charge on any atom is 0.0277 e. The zero-order valence-corrected chi connectivity index (χ0v) is 7.18. The fourth-order valence-corrected chi connectivity index (χ4v) is 0.626. The maximum atomic E-state index is 5.39. The van der Waals surface area contributed by atoms with E-state index in [2.05, 4.69) is 25.8 Å². The van der Waals surface area contributed by atoms with Crippen molar-refractivity contribution >= 4 is 6.21 Å². The standard InChI is InChI=1S/C8H16N2/c1-8(2,3)7(5-9)6-10-4/h5-6H,9H2,1-4H3/b7-5+,10-6?. The molecule has 10 heavy (non-hydrogen) atoms. The van der Waals surface area contributed by atoms with Crippen molar-refractivity contribution in [1.29, 1.82) is 0 Å². The van der Waals surface area contributed by atoms with E-state index in [1.165, 1.54) is 0 Å². The maximum absolute atomic E-state index is 5.39. The van der Waals surface area contributed by atoms with E-state index >= 15 is 0 Å². The fraction of sp³-hybridized carbons (Fsp3) is 0.625. The van der Waals surface area contributed by atoms with Gasteiger partial charge in [-0.05, 0) is 17.2 Å². The number of hydrogen-bond donors (Lipinski definition) is 1. The van der Waals surface area contributed by atoms with Gasteiger partial charge in [0, 0.05) is 13.3 Å². The molecule has 0 spiro atoms. The molecule has 0 amide bonds. The summed E-state index contributed by atoms with van der Waals surface area (Å²) >= 11 is 0. The van der Waals surface area contributed by atoms with Crippen LogP contribution < -0.4 is 5.73 Å². The van der Waals surface area contributed by atoms with Crippen molar-refractivity contribution in [3.05, 3.63) is 11.8 Å². The fourth-order valence-electron chi connectivity index (χ4n) is 0.626. The van der Waals surface area contributed by atoms with E-state index in [-0.39, 0.29) is 5.41 Å². The number of nitrogens with zero attached hydrogens (tertiary/aromatic N) is 1. The molecule has 2 heteroatoms. The molecule has 0 radical (unpaired) electrons. The highest BCUT2D eigenvalue weighted by molar-refractivity contribution is 5.79. The Morgan fingerprint density at radius 3 is 2.00 bits per heavy atom. The molecule has 0 unspecified atom stereocenters. The van der Waals surface area contributed by atoms with Crippen molar-refractivity contribution < 1.29 is 0 Å². The van der Waals surface area contributed by atoms with Crippen molar-refractivity contribution in [1.82, 2.24) is 0 Å². The lowest BCUT2D eigenvalue weighted by Gasteiger charge is -2.18. The Morgan fingerprint density at radius 2 is 1.90 bits per heavy atom.